The highest BCUT2D eigenvalue weighted by Crippen LogP contribution is 2.39. The molecule has 1 saturated carbocycles. The first kappa shape index (κ1) is 19.9. The predicted molar refractivity (Wildman–Crippen MR) is 111 cm³/mol. The van der Waals surface area contributed by atoms with Gasteiger partial charge in [0.05, 0.1) is 16.2 Å². The summed E-state index contributed by atoms with van der Waals surface area (Å²) in [5, 5.41) is 3.86. The number of para-hydroxylation sites is 1. The number of nitrogens with one attached hydrogen (secondary N) is 1. The average Bonchev–Trinajstić information content (AvgIpc) is 2.65. The second kappa shape index (κ2) is 8.46. The van der Waals surface area contributed by atoms with Crippen LogP contribution in [0.25, 0.3) is 10.9 Å². The standard InChI is InChI=1S/C21H29N3O2S/c1-5-22-19(25)15(4)27-21-23-17-11-7-6-10-16(17)20(26)24(21)18-12-8-9-13(2)14(18)3/h6-7,10-11,13-15,18H,5,8-9,12H2,1-4H3,(H,22,25)/t13-,14-,15-,18-/m0/s1. The van der Waals surface area contributed by atoms with Crippen LogP contribution in [0.4, 0.5) is 0 Å². The van der Waals surface area contributed by atoms with Gasteiger partial charge in [-0.1, -0.05) is 50.6 Å². The van der Waals surface area contributed by atoms with Gasteiger partial charge in [0.2, 0.25) is 5.91 Å². The van der Waals surface area contributed by atoms with Crippen LogP contribution in [0.5, 0.6) is 0 Å². The van der Waals surface area contributed by atoms with Gasteiger partial charge in [-0.2, -0.15) is 0 Å². The molecule has 2 aromatic rings. The van der Waals surface area contributed by atoms with E-state index in [4.69, 9.17) is 4.98 Å². The Hall–Kier alpha value is -1.82. The fraction of sp³-hybridized carbons (Fsp3) is 0.571. The SMILES string of the molecule is CCNC(=O)[C@H](C)Sc1nc2ccccc2c(=O)n1[C@H]1CCC[C@H](C)[C@@H]1C. The molecule has 6 heteroatoms. The number of hydrogen-bond donors (Lipinski definition) is 1. The number of benzene rings is 1. The maximum atomic E-state index is 13.4. The van der Waals surface area contributed by atoms with Crippen LogP contribution in [0, 0.1) is 11.8 Å². The molecule has 0 radical (unpaired) electrons. The van der Waals surface area contributed by atoms with E-state index in [1.54, 1.807) is 0 Å². The van der Waals surface area contributed by atoms with Gasteiger partial charge in [-0.15, -0.1) is 0 Å². The lowest BCUT2D eigenvalue weighted by Gasteiger charge is -2.36. The molecule has 5 nitrogen and oxygen atoms in total. The summed E-state index contributed by atoms with van der Waals surface area (Å²) in [6.45, 7) is 8.87. The van der Waals surface area contributed by atoms with E-state index in [0.717, 1.165) is 12.8 Å². The topological polar surface area (TPSA) is 64.0 Å². The number of thioether (sulfide) groups is 1. The maximum absolute atomic E-state index is 13.4. The van der Waals surface area contributed by atoms with Crippen molar-refractivity contribution >= 4 is 28.6 Å². The zero-order valence-electron chi connectivity index (χ0n) is 16.6. The molecule has 0 saturated heterocycles. The summed E-state index contributed by atoms with van der Waals surface area (Å²) in [5.74, 6) is 0.945. The Balaban J connectivity index is 2.10. The third-order valence-electron chi connectivity index (χ3n) is 5.77. The van der Waals surface area contributed by atoms with Crippen LogP contribution >= 0.6 is 11.8 Å². The average molecular weight is 388 g/mol. The highest BCUT2D eigenvalue weighted by atomic mass is 32.2. The first-order valence-corrected chi connectivity index (χ1v) is 10.8. The number of hydrogen-bond acceptors (Lipinski definition) is 4. The summed E-state index contributed by atoms with van der Waals surface area (Å²) in [4.78, 5) is 30.4. The van der Waals surface area contributed by atoms with Crippen LogP contribution in [0.1, 0.15) is 53.0 Å². The van der Waals surface area contributed by atoms with Crippen LogP contribution in [0.2, 0.25) is 0 Å². The summed E-state index contributed by atoms with van der Waals surface area (Å²) >= 11 is 1.38. The van der Waals surface area contributed by atoms with Gasteiger partial charge in [-0.25, -0.2) is 4.98 Å². The van der Waals surface area contributed by atoms with Crippen molar-refractivity contribution in [2.45, 2.75) is 63.4 Å². The molecular weight excluding hydrogens is 358 g/mol. The Kier molecular flexibility index (Phi) is 6.25. The Bertz CT molecular complexity index is 879. The minimum Gasteiger partial charge on any atom is -0.355 e. The predicted octanol–water partition coefficient (Wildman–Crippen LogP) is 4.01. The molecule has 0 aliphatic heterocycles. The van der Waals surface area contributed by atoms with Crippen LogP contribution in [0.3, 0.4) is 0 Å². The molecule has 4 atom stereocenters. The van der Waals surface area contributed by atoms with E-state index in [0.29, 0.717) is 34.4 Å². The Morgan fingerprint density at radius 3 is 2.81 bits per heavy atom. The number of aromatic nitrogens is 2. The van der Waals surface area contributed by atoms with Crippen LogP contribution in [0.15, 0.2) is 34.2 Å². The van der Waals surface area contributed by atoms with Crippen molar-refractivity contribution in [3.05, 3.63) is 34.6 Å². The molecule has 1 aliphatic rings. The van der Waals surface area contributed by atoms with E-state index in [9.17, 15) is 9.59 Å². The molecule has 27 heavy (non-hydrogen) atoms. The molecule has 146 valence electrons. The lowest BCUT2D eigenvalue weighted by molar-refractivity contribution is -0.120. The van der Waals surface area contributed by atoms with E-state index < -0.39 is 0 Å². The second-order valence-electron chi connectivity index (χ2n) is 7.58. The van der Waals surface area contributed by atoms with Crippen LogP contribution in [-0.2, 0) is 4.79 Å². The summed E-state index contributed by atoms with van der Waals surface area (Å²) in [7, 11) is 0. The number of carbonyl (C=O) groups excluding carboxylic acids is 1. The molecule has 1 amide bonds. The molecule has 1 aromatic heterocycles. The molecule has 1 N–H and O–H groups in total. The molecule has 3 rings (SSSR count). The number of amides is 1. The van der Waals surface area contributed by atoms with Crippen molar-refractivity contribution in [3.8, 4) is 0 Å². The Morgan fingerprint density at radius 1 is 1.33 bits per heavy atom. The largest absolute Gasteiger partial charge is 0.355 e. The van der Waals surface area contributed by atoms with Crippen molar-refractivity contribution in [1.82, 2.24) is 14.9 Å². The van der Waals surface area contributed by atoms with E-state index in [1.165, 1.54) is 18.2 Å². The third kappa shape index (κ3) is 4.05. The van der Waals surface area contributed by atoms with Crippen molar-refractivity contribution in [3.63, 3.8) is 0 Å². The van der Waals surface area contributed by atoms with Crippen LogP contribution in [-0.4, -0.2) is 27.3 Å². The fourth-order valence-electron chi connectivity index (χ4n) is 3.95. The van der Waals surface area contributed by atoms with Crippen LogP contribution < -0.4 is 10.9 Å². The zero-order valence-corrected chi connectivity index (χ0v) is 17.4. The van der Waals surface area contributed by atoms with Gasteiger partial charge >= 0.3 is 0 Å². The Labute approximate surface area is 164 Å². The Morgan fingerprint density at radius 2 is 2.07 bits per heavy atom. The summed E-state index contributed by atoms with van der Waals surface area (Å²) in [6.07, 6.45) is 3.30. The van der Waals surface area contributed by atoms with Crippen molar-refractivity contribution in [2.24, 2.45) is 11.8 Å². The molecular formula is C21H29N3O2S. The van der Waals surface area contributed by atoms with Gasteiger partial charge in [0, 0.05) is 12.6 Å². The molecule has 0 unspecified atom stereocenters. The van der Waals surface area contributed by atoms with Gasteiger partial charge in [0.1, 0.15) is 0 Å². The molecule has 0 spiro atoms. The first-order chi connectivity index (χ1) is 12.9. The smallest absolute Gasteiger partial charge is 0.262 e. The molecule has 1 heterocycles. The summed E-state index contributed by atoms with van der Waals surface area (Å²) in [6, 6.07) is 7.62. The first-order valence-electron chi connectivity index (χ1n) is 9.89. The molecule has 1 aliphatic carbocycles. The van der Waals surface area contributed by atoms with Crippen molar-refractivity contribution in [2.75, 3.05) is 6.54 Å². The molecule has 0 bridgehead atoms. The van der Waals surface area contributed by atoms with Crippen molar-refractivity contribution < 1.29 is 4.79 Å². The number of rotatable bonds is 5. The minimum atomic E-state index is -0.305. The number of nitrogens with zero attached hydrogens (tertiary/aromatic N) is 2. The molecule has 1 fully saturated rings. The quantitative estimate of drug-likeness (QED) is 0.622. The molecule has 1 aromatic carbocycles. The van der Waals surface area contributed by atoms with E-state index in [2.05, 4.69) is 19.2 Å². The number of fused-ring (bicyclic) bond motifs is 1. The normalized spacial score (nSPS) is 23.9. The van der Waals surface area contributed by atoms with Gasteiger partial charge in [-0.05, 0) is 44.2 Å². The third-order valence-corrected chi connectivity index (χ3v) is 6.84. The van der Waals surface area contributed by atoms with E-state index in [-0.39, 0.29) is 22.8 Å². The zero-order chi connectivity index (χ0) is 19.6. The lowest BCUT2D eigenvalue weighted by atomic mass is 9.78. The van der Waals surface area contributed by atoms with Gasteiger partial charge in [0.25, 0.3) is 5.56 Å². The van der Waals surface area contributed by atoms with Crippen molar-refractivity contribution in [1.29, 1.82) is 0 Å². The maximum Gasteiger partial charge on any atom is 0.262 e. The fourth-order valence-corrected chi connectivity index (χ4v) is 4.94. The van der Waals surface area contributed by atoms with E-state index in [1.807, 2.05) is 42.7 Å². The highest BCUT2D eigenvalue weighted by molar-refractivity contribution is 8.00. The number of carbonyl (C=O) groups is 1. The minimum absolute atomic E-state index is 0.0112. The second-order valence-corrected chi connectivity index (χ2v) is 8.88. The van der Waals surface area contributed by atoms with Gasteiger partial charge in [-0.3, -0.25) is 14.2 Å². The monoisotopic (exact) mass is 387 g/mol. The van der Waals surface area contributed by atoms with Gasteiger partial charge < -0.3 is 5.32 Å². The summed E-state index contributed by atoms with van der Waals surface area (Å²) in [5.41, 5.74) is 0.706. The highest BCUT2D eigenvalue weighted by Gasteiger charge is 2.32. The van der Waals surface area contributed by atoms with E-state index >= 15 is 0 Å². The van der Waals surface area contributed by atoms with Gasteiger partial charge in [0.15, 0.2) is 5.16 Å². The lowest BCUT2D eigenvalue weighted by Crippen LogP contribution is -2.36. The summed E-state index contributed by atoms with van der Waals surface area (Å²) < 4.78 is 1.88.